The Bertz CT molecular complexity index is 339. The maximum Gasteiger partial charge on any atom is 0.122 e. The molecular weight excluding hydrogens is 266 g/mol. The molecule has 1 aromatic carbocycles. The molecule has 0 aromatic heterocycles. The Labute approximate surface area is 107 Å². The van der Waals surface area contributed by atoms with E-state index >= 15 is 0 Å². The lowest BCUT2D eigenvalue weighted by Gasteiger charge is -2.17. The van der Waals surface area contributed by atoms with Gasteiger partial charge >= 0.3 is 0 Å². The lowest BCUT2D eigenvalue weighted by atomic mass is 9.99. The second kappa shape index (κ2) is 6.26. The fourth-order valence-corrected chi connectivity index (χ4v) is 1.86. The van der Waals surface area contributed by atoms with Gasteiger partial charge in [-0.25, -0.2) is 0 Å². The highest BCUT2D eigenvalue weighted by molar-refractivity contribution is 9.09. The first-order valence-corrected chi connectivity index (χ1v) is 6.62. The molecule has 1 aromatic rings. The van der Waals surface area contributed by atoms with Gasteiger partial charge in [0.05, 0.1) is 12.6 Å². The Kier molecular flexibility index (Phi) is 5.29. The van der Waals surface area contributed by atoms with Crippen LogP contribution in [0.4, 0.5) is 0 Å². The molecular formula is C13H20BrNO. The Hall–Kier alpha value is -0.540. The molecule has 0 spiro atoms. The van der Waals surface area contributed by atoms with E-state index < -0.39 is 0 Å². The first-order chi connectivity index (χ1) is 7.58. The van der Waals surface area contributed by atoms with Gasteiger partial charge in [-0.3, -0.25) is 4.90 Å². The number of halogens is 1. The minimum Gasteiger partial charge on any atom is -0.496 e. The van der Waals surface area contributed by atoms with Crippen molar-refractivity contribution in [2.75, 3.05) is 19.6 Å². The van der Waals surface area contributed by atoms with Gasteiger partial charge < -0.3 is 4.74 Å². The highest BCUT2D eigenvalue weighted by atomic mass is 79.9. The van der Waals surface area contributed by atoms with Crippen LogP contribution in [0.25, 0.3) is 0 Å². The van der Waals surface area contributed by atoms with E-state index in [4.69, 9.17) is 4.74 Å². The third kappa shape index (κ3) is 3.49. The molecule has 0 radical (unpaired) electrons. The first kappa shape index (κ1) is 13.5. The molecule has 1 rings (SSSR count). The van der Waals surface area contributed by atoms with E-state index in [2.05, 4.69) is 59.9 Å². The highest BCUT2D eigenvalue weighted by Crippen LogP contribution is 2.27. The Morgan fingerprint density at radius 2 is 2.06 bits per heavy atom. The minimum absolute atomic E-state index is 0.490. The highest BCUT2D eigenvalue weighted by Gasteiger charge is 2.08. The van der Waals surface area contributed by atoms with E-state index in [0.29, 0.717) is 5.92 Å². The lowest BCUT2D eigenvalue weighted by molar-refractivity contribution is 0.387. The average molecular weight is 286 g/mol. The van der Waals surface area contributed by atoms with E-state index in [1.165, 1.54) is 11.1 Å². The molecule has 3 heteroatoms. The monoisotopic (exact) mass is 285 g/mol. The number of nitrogens with zero attached hydrogens (tertiary/aromatic N) is 1. The zero-order valence-electron chi connectivity index (χ0n) is 10.5. The molecule has 0 aliphatic heterocycles. The maximum atomic E-state index is 5.37. The molecule has 16 heavy (non-hydrogen) atoms. The van der Waals surface area contributed by atoms with E-state index in [-0.39, 0.29) is 0 Å². The Morgan fingerprint density at radius 3 is 2.56 bits per heavy atom. The molecule has 0 unspecified atom stereocenters. The Balaban J connectivity index is 2.93. The van der Waals surface area contributed by atoms with E-state index in [9.17, 15) is 0 Å². The van der Waals surface area contributed by atoms with Crippen molar-refractivity contribution in [3.8, 4) is 5.75 Å². The summed E-state index contributed by atoms with van der Waals surface area (Å²) in [6.07, 6.45) is 0. The molecule has 0 atom stereocenters. The number of benzene rings is 1. The van der Waals surface area contributed by atoms with Crippen molar-refractivity contribution in [1.29, 1.82) is 0 Å². The van der Waals surface area contributed by atoms with Gasteiger partial charge in [0.25, 0.3) is 0 Å². The van der Waals surface area contributed by atoms with Crippen molar-refractivity contribution in [3.63, 3.8) is 0 Å². The molecule has 0 saturated heterocycles. The second-order valence-electron chi connectivity index (χ2n) is 4.36. The summed E-state index contributed by atoms with van der Waals surface area (Å²) < 4.78 is 5.37. The number of hydrogen-bond donors (Lipinski definition) is 0. The molecule has 90 valence electrons. The molecule has 0 bridgehead atoms. The van der Waals surface area contributed by atoms with Crippen molar-refractivity contribution >= 4 is 15.9 Å². The van der Waals surface area contributed by atoms with Crippen molar-refractivity contribution in [2.24, 2.45) is 0 Å². The molecule has 0 N–H and O–H groups in total. The Morgan fingerprint density at radius 1 is 1.38 bits per heavy atom. The maximum absolute atomic E-state index is 5.37. The van der Waals surface area contributed by atoms with Gasteiger partial charge in [-0.15, -0.1) is 0 Å². The fraction of sp³-hybridized carbons (Fsp3) is 0.538. The van der Waals surface area contributed by atoms with Gasteiger partial charge in [-0.1, -0.05) is 41.9 Å². The molecule has 0 aliphatic carbocycles. The van der Waals surface area contributed by atoms with Gasteiger partial charge in [0, 0.05) is 6.54 Å². The van der Waals surface area contributed by atoms with Crippen LogP contribution < -0.4 is 4.74 Å². The van der Waals surface area contributed by atoms with Crippen molar-refractivity contribution < 1.29 is 4.74 Å². The summed E-state index contributed by atoms with van der Waals surface area (Å²) in [5.74, 6) is 1.48. The number of alkyl halides is 1. The summed E-state index contributed by atoms with van der Waals surface area (Å²) in [5, 5.41) is 0. The quantitative estimate of drug-likeness (QED) is 0.605. The molecule has 0 saturated carbocycles. The standard InChI is InChI=1S/C13H20BrNO/c1-10(2)12-7-11(8-15(3)9-14)5-6-13(12)16-4/h5-7,10H,8-9H2,1-4H3. The summed E-state index contributed by atoms with van der Waals surface area (Å²) in [5.41, 5.74) is 3.49. The van der Waals surface area contributed by atoms with Crippen LogP contribution in [0.3, 0.4) is 0 Å². The van der Waals surface area contributed by atoms with E-state index in [1.807, 2.05) is 0 Å². The van der Waals surface area contributed by atoms with Crippen LogP contribution >= 0.6 is 15.9 Å². The smallest absolute Gasteiger partial charge is 0.122 e. The summed E-state index contributed by atoms with van der Waals surface area (Å²) in [6.45, 7) is 5.33. The van der Waals surface area contributed by atoms with Crippen molar-refractivity contribution in [1.82, 2.24) is 4.90 Å². The lowest BCUT2D eigenvalue weighted by Crippen LogP contribution is -2.15. The van der Waals surface area contributed by atoms with Crippen molar-refractivity contribution in [2.45, 2.75) is 26.3 Å². The third-order valence-corrected chi connectivity index (χ3v) is 3.43. The largest absolute Gasteiger partial charge is 0.496 e. The topological polar surface area (TPSA) is 12.5 Å². The molecule has 0 amide bonds. The molecule has 2 nitrogen and oxygen atoms in total. The van der Waals surface area contributed by atoms with E-state index in [0.717, 1.165) is 17.7 Å². The predicted molar refractivity (Wildman–Crippen MR) is 72.3 cm³/mol. The fourth-order valence-electron chi connectivity index (χ4n) is 1.69. The average Bonchev–Trinajstić information content (AvgIpc) is 2.28. The van der Waals surface area contributed by atoms with Crippen LogP contribution in [0.1, 0.15) is 30.9 Å². The van der Waals surface area contributed by atoms with Crippen LogP contribution in [0, 0.1) is 0 Å². The van der Waals surface area contributed by atoms with Gasteiger partial charge in [0.15, 0.2) is 0 Å². The summed E-state index contributed by atoms with van der Waals surface area (Å²) >= 11 is 3.45. The number of ether oxygens (including phenoxy) is 1. The summed E-state index contributed by atoms with van der Waals surface area (Å²) in [4.78, 5) is 2.21. The van der Waals surface area contributed by atoms with Gasteiger partial charge in [-0.2, -0.15) is 0 Å². The minimum atomic E-state index is 0.490. The number of methoxy groups -OCH3 is 1. The molecule has 0 aliphatic rings. The van der Waals surface area contributed by atoms with Crippen molar-refractivity contribution in [3.05, 3.63) is 29.3 Å². The van der Waals surface area contributed by atoms with E-state index in [1.54, 1.807) is 7.11 Å². The third-order valence-electron chi connectivity index (χ3n) is 2.57. The second-order valence-corrected chi connectivity index (χ2v) is 4.87. The number of rotatable bonds is 5. The van der Waals surface area contributed by atoms with Crippen LogP contribution in [0.15, 0.2) is 18.2 Å². The first-order valence-electron chi connectivity index (χ1n) is 5.49. The zero-order valence-corrected chi connectivity index (χ0v) is 12.0. The van der Waals surface area contributed by atoms with Gasteiger partial charge in [0.1, 0.15) is 5.75 Å². The van der Waals surface area contributed by atoms with Gasteiger partial charge in [0.2, 0.25) is 0 Å². The number of hydrogen-bond acceptors (Lipinski definition) is 2. The normalized spacial score (nSPS) is 11.2. The summed E-state index contributed by atoms with van der Waals surface area (Å²) in [7, 11) is 3.82. The SMILES string of the molecule is COc1ccc(CN(C)CBr)cc1C(C)C. The van der Waals surface area contributed by atoms with Crippen LogP contribution in [-0.4, -0.2) is 24.5 Å². The molecule has 0 fully saturated rings. The van der Waals surface area contributed by atoms with Crippen LogP contribution in [-0.2, 0) is 6.54 Å². The molecule has 0 heterocycles. The summed E-state index contributed by atoms with van der Waals surface area (Å²) in [6, 6.07) is 6.43. The zero-order chi connectivity index (χ0) is 12.1. The van der Waals surface area contributed by atoms with Crippen LogP contribution in [0.2, 0.25) is 0 Å². The van der Waals surface area contributed by atoms with Crippen LogP contribution in [0.5, 0.6) is 5.75 Å². The van der Waals surface area contributed by atoms with Gasteiger partial charge in [-0.05, 0) is 30.2 Å². The predicted octanol–water partition coefficient (Wildman–Crippen LogP) is 3.60.